The minimum Gasteiger partial charge on any atom is -0.369 e. The van der Waals surface area contributed by atoms with Crippen molar-refractivity contribution < 1.29 is 14.0 Å². The SMILES string of the molecule is CN1CCN(c2ccc(C(=O)Nc3[nH]nc4sc(CC(=O)NCc5ccc(F)cc5)cc34)cc2)CC1. The summed E-state index contributed by atoms with van der Waals surface area (Å²) in [6, 6.07) is 15.5. The molecule has 36 heavy (non-hydrogen) atoms. The molecule has 0 spiro atoms. The summed E-state index contributed by atoms with van der Waals surface area (Å²) in [5, 5.41) is 13.7. The van der Waals surface area contributed by atoms with Gasteiger partial charge in [0.1, 0.15) is 16.5 Å². The summed E-state index contributed by atoms with van der Waals surface area (Å²) >= 11 is 1.40. The third kappa shape index (κ3) is 5.55. The molecule has 3 N–H and O–H groups in total. The lowest BCUT2D eigenvalue weighted by Gasteiger charge is -2.34. The maximum atomic E-state index is 13.0. The molecule has 186 valence electrons. The second kappa shape index (κ2) is 10.5. The molecule has 0 aliphatic carbocycles. The van der Waals surface area contributed by atoms with Crippen molar-refractivity contribution in [1.29, 1.82) is 0 Å². The molecule has 1 aliphatic rings. The molecule has 0 radical (unpaired) electrons. The topological polar surface area (TPSA) is 93.4 Å². The number of benzene rings is 2. The lowest BCUT2D eigenvalue weighted by atomic mass is 10.1. The molecular formula is C26H27FN6O2S. The van der Waals surface area contributed by atoms with E-state index in [0.717, 1.165) is 52.5 Å². The number of H-pyrrole nitrogens is 1. The Hall–Kier alpha value is -3.76. The smallest absolute Gasteiger partial charge is 0.256 e. The molecule has 8 nitrogen and oxygen atoms in total. The van der Waals surface area contributed by atoms with Crippen LogP contribution in [0.25, 0.3) is 10.2 Å². The number of hydrogen-bond acceptors (Lipinski definition) is 6. The molecular weight excluding hydrogens is 479 g/mol. The van der Waals surface area contributed by atoms with E-state index in [0.29, 0.717) is 17.9 Å². The average molecular weight is 507 g/mol. The lowest BCUT2D eigenvalue weighted by Crippen LogP contribution is -2.44. The van der Waals surface area contributed by atoms with Gasteiger partial charge in [-0.05, 0) is 55.1 Å². The van der Waals surface area contributed by atoms with Gasteiger partial charge < -0.3 is 20.4 Å². The largest absolute Gasteiger partial charge is 0.369 e. The van der Waals surface area contributed by atoms with Crippen molar-refractivity contribution in [1.82, 2.24) is 20.4 Å². The van der Waals surface area contributed by atoms with Gasteiger partial charge in [-0.25, -0.2) is 4.39 Å². The number of thiophene rings is 1. The number of carbonyl (C=O) groups excluding carboxylic acids is 2. The van der Waals surface area contributed by atoms with Crippen LogP contribution in [0.3, 0.4) is 0 Å². The molecule has 10 heteroatoms. The van der Waals surface area contributed by atoms with E-state index in [2.05, 4.69) is 37.7 Å². The summed E-state index contributed by atoms with van der Waals surface area (Å²) in [6.45, 7) is 4.32. The van der Waals surface area contributed by atoms with Crippen LogP contribution < -0.4 is 15.5 Å². The molecule has 0 bridgehead atoms. The average Bonchev–Trinajstić information content (AvgIpc) is 3.45. The van der Waals surface area contributed by atoms with Crippen LogP contribution in [-0.4, -0.2) is 60.1 Å². The van der Waals surface area contributed by atoms with Crippen LogP contribution in [0.1, 0.15) is 20.8 Å². The van der Waals surface area contributed by atoms with Crippen molar-refractivity contribution in [2.75, 3.05) is 43.4 Å². The van der Waals surface area contributed by atoms with E-state index in [4.69, 9.17) is 0 Å². The molecule has 1 fully saturated rings. The van der Waals surface area contributed by atoms with Gasteiger partial charge in [0.25, 0.3) is 5.91 Å². The molecule has 0 atom stereocenters. The summed E-state index contributed by atoms with van der Waals surface area (Å²) in [5.41, 5.74) is 2.50. The van der Waals surface area contributed by atoms with Crippen molar-refractivity contribution in [2.45, 2.75) is 13.0 Å². The second-order valence-corrected chi connectivity index (χ2v) is 10.0. The summed E-state index contributed by atoms with van der Waals surface area (Å²) in [6.07, 6.45) is 0.198. The van der Waals surface area contributed by atoms with E-state index in [-0.39, 0.29) is 24.1 Å². The Bertz CT molecular complexity index is 1360. The Morgan fingerprint density at radius 1 is 1.06 bits per heavy atom. The number of piperazine rings is 1. The summed E-state index contributed by atoms with van der Waals surface area (Å²) in [4.78, 5) is 31.4. The number of likely N-dealkylation sites (N-methyl/N-ethyl adjacent to an activating group) is 1. The fourth-order valence-corrected chi connectivity index (χ4v) is 5.13. The zero-order valence-corrected chi connectivity index (χ0v) is 20.7. The van der Waals surface area contributed by atoms with Gasteiger partial charge >= 0.3 is 0 Å². The predicted molar refractivity (Wildman–Crippen MR) is 140 cm³/mol. The van der Waals surface area contributed by atoms with Gasteiger partial charge in [0.15, 0.2) is 0 Å². The van der Waals surface area contributed by atoms with Crippen LogP contribution in [0.15, 0.2) is 54.6 Å². The highest BCUT2D eigenvalue weighted by Crippen LogP contribution is 2.30. The fraction of sp³-hybridized carbons (Fsp3) is 0.269. The number of amides is 2. The Morgan fingerprint density at radius 3 is 2.50 bits per heavy atom. The molecule has 4 aromatic rings. The highest BCUT2D eigenvalue weighted by molar-refractivity contribution is 7.18. The Balaban J connectivity index is 1.18. The number of aromatic amines is 1. The molecule has 0 unspecified atom stereocenters. The quantitative estimate of drug-likeness (QED) is 0.356. The molecule has 2 aromatic heterocycles. The predicted octanol–water partition coefficient (Wildman–Crippen LogP) is 3.63. The van der Waals surface area contributed by atoms with E-state index in [1.807, 2.05) is 30.3 Å². The van der Waals surface area contributed by atoms with Gasteiger partial charge in [0.05, 0.1) is 11.8 Å². The molecule has 0 saturated carbocycles. The van der Waals surface area contributed by atoms with Crippen molar-refractivity contribution in [3.8, 4) is 0 Å². The first-order valence-electron chi connectivity index (χ1n) is 11.8. The van der Waals surface area contributed by atoms with Crippen LogP contribution in [0.5, 0.6) is 0 Å². The normalized spacial score (nSPS) is 14.2. The first-order valence-corrected chi connectivity index (χ1v) is 12.6. The van der Waals surface area contributed by atoms with Crippen molar-refractivity contribution in [3.63, 3.8) is 0 Å². The number of fused-ring (bicyclic) bond motifs is 1. The van der Waals surface area contributed by atoms with Gasteiger partial charge in [-0.1, -0.05) is 12.1 Å². The highest BCUT2D eigenvalue weighted by Gasteiger charge is 2.17. The number of nitrogens with zero attached hydrogens (tertiary/aromatic N) is 3. The van der Waals surface area contributed by atoms with Gasteiger partial charge in [0, 0.05) is 48.9 Å². The maximum Gasteiger partial charge on any atom is 0.256 e. The minimum absolute atomic E-state index is 0.141. The zero-order valence-electron chi connectivity index (χ0n) is 19.9. The number of aromatic nitrogens is 2. The molecule has 1 aliphatic heterocycles. The van der Waals surface area contributed by atoms with E-state index >= 15 is 0 Å². The lowest BCUT2D eigenvalue weighted by molar-refractivity contribution is -0.120. The van der Waals surface area contributed by atoms with Gasteiger partial charge in [0.2, 0.25) is 5.91 Å². The van der Waals surface area contributed by atoms with E-state index in [9.17, 15) is 14.0 Å². The second-order valence-electron chi connectivity index (χ2n) is 8.90. The molecule has 2 aromatic carbocycles. The van der Waals surface area contributed by atoms with Gasteiger partial charge in [-0.2, -0.15) is 5.10 Å². The van der Waals surface area contributed by atoms with E-state index < -0.39 is 0 Å². The van der Waals surface area contributed by atoms with Crippen LogP contribution in [0.4, 0.5) is 15.9 Å². The Labute approximate surface area is 212 Å². The third-order valence-corrected chi connectivity index (χ3v) is 7.31. The van der Waals surface area contributed by atoms with Crippen LogP contribution in [0.2, 0.25) is 0 Å². The molecule has 2 amide bonds. The highest BCUT2D eigenvalue weighted by atomic mass is 32.1. The summed E-state index contributed by atoms with van der Waals surface area (Å²) in [7, 11) is 2.12. The van der Waals surface area contributed by atoms with E-state index in [1.165, 1.54) is 23.5 Å². The number of halogens is 1. The van der Waals surface area contributed by atoms with Crippen LogP contribution >= 0.6 is 11.3 Å². The molecule has 5 rings (SSSR count). The number of anilines is 2. The number of nitrogens with one attached hydrogen (secondary N) is 3. The molecule has 1 saturated heterocycles. The first-order chi connectivity index (χ1) is 17.4. The zero-order chi connectivity index (χ0) is 25.1. The van der Waals surface area contributed by atoms with E-state index in [1.54, 1.807) is 12.1 Å². The standard InChI is InChI=1S/C26H27FN6O2S/c1-32-10-12-33(13-11-32)20-8-4-18(5-9-20)25(35)29-24-22-14-21(36-26(22)31-30-24)15-23(34)28-16-17-2-6-19(27)7-3-17/h2-9,14H,10-13,15-16H2,1H3,(H,28,34)(H2,29,30,31,35). The van der Waals surface area contributed by atoms with Crippen molar-refractivity contribution in [3.05, 3.63) is 76.4 Å². The molecule has 3 heterocycles. The summed E-state index contributed by atoms with van der Waals surface area (Å²) in [5.74, 6) is -0.168. The van der Waals surface area contributed by atoms with Crippen molar-refractivity contribution in [2.24, 2.45) is 0 Å². The third-order valence-electron chi connectivity index (χ3n) is 6.28. The maximum absolute atomic E-state index is 13.0. The number of hydrogen-bond donors (Lipinski definition) is 3. The summed E-state index contributed by atoms with van der Waals surface area (Å²) < 4.78 is 13.0. The van der Waals surface area contributed by atoms with Crippen molar-refractivity contribution >= 4 is 44.9 Å². The number of rotatable bonds is 7. The minimum atomic E-state index is -0.308. The van der Waals surface area contributed by atoms with Gasteiger partial charge in [-0.3, -0.25) is 14.7 Å². The van der Waals surface area contributed by atoms with Crippen LogP contribution in [-0.2, 0) is 17.8 Å². The first kappa shape index (κ1) is 24.0. The monoisotopic (exact) mass is 506 g/mol. The fourth-order valence-electron chi connectivity index (χ4n) is 4.14. The Morgan fingerprint density at radius 2 is 1.78 bits per heavy atom. The van der Waals surface area contributed by atoms with Crippen LogP contribution in [0, 0.1) is 5.82 Å². The van der Waals surface area contributed by atoms with Gasteiger partial charge in [-0.15, -0.1) is 11.3 Å². The Kier molecular flexibility index (Phi) is 6.97. The number of carbonyl (C=O) groups is 2.